The summed E-state index contributed by atoms with van der Waals surface area (Å²) in [6.07, 6.45) is 2.63. The fourth-order valence-corrected chi connectivity index (χ4v) is 2.80. The zero-order chi connectivity index (χ0) is 17.0. The Labute approximate surface area is 136 Å². The van der Waals surface area contributed by atoms with Crippen LogP contribution < -0.4 is 14.2 Å². The van der Waals surface area contributed by atoms with Crippen molar-refractivity contribution in [3.8, 4) is 23.3 Å². The maximum atomic E-state index is 12.5. The van der Waals surface area contributed by atoms with Crippen molar-refractivity contribution in [2.24, 2.45) is 0 Å². The number of rotatable bonds is 6. The van der Waals surface area contributed by atoms with Gasteiger partial charge in [-0.25, -0.2) is 0 Å². The van der Waals surface area contributed by atoms with Crippen LogP contribution in [0.2, 0.25) is 0 Å². The first-order valence-corrected chi connectivity index (χ1v) is 7.48. The van der Waals surface area contributed by atoms with E-state index in [1.807, 2.05) is 0 Å². The summed E-state index contributed by atoms with van der Waals surface area (Å²) in [5, 5.41) is 9.35. The monoisotopic (exact) mass is 318 g/mol. The van der Waals surface area contributed by atoms with Crippen LogP contribution in [0, 0.1) is 11.3 Å². The Kier molecular flexibility index (Phi) is 4.99. The van der Waals surface area contributed by atoms with Crippen LogP contribution >= 0.6 is 0 Å². The Hall–Kier alpha value is -2.42. The van der Waals surface area contributed by atoms with Crippen molar-refractivity contribution in [3.05, 3.63) is 17.7 Å². The number of carbonyl (C=O) groups excluding carboxylic acids is 1. The third-order valence-electron chi connectivity index (χ3n) is 4.48. The van der Waals surface area contributed by atoms with Crippen molar-refractivity contribution in [2.45, 2.75) is 31.2 Å². The van der Waals surface area contributed by atoms with Crippen LogP contribution in [0.4, 0.5) is 0 Å². The average Bonchev–Trinajstić information content (AvgIpc) is 2.53. The van der Waals surface area contributed by atoms with Crippen LogP contribution in [0.1, 0.15) is 24.8 Å². The van der Waals surface area contributed by atoms with Crippen molar-refractivity contribution >= 4 is 5.91 Å². The molecule has 1 aliphatic rings. The number of nitrogens with zero attached hydrogens (tertiary/aromatic N) is 2. The molecule has 6 nitrogen and oxygen atoms in total. The smallest absolute Gasteiger partial charge is 0.228 e. The maximum absolute atomic E-state index is 12.5. The van der Waals surface area contributed by atoms with Crippen molar-refractivity contribution in [2.75, 3.05) is 28.4 Å². The standard InChI is InChI=1S/C17H22N2O4/c1-19(17(11-18)6-5-7-17)15(20)10-12-8-13(21-2)16(23-4)14(9-12)22-3/h8-9H,5-7,10H2,1-4H3. The molecule has 0 radical (unpaired) electrons. The van der Waals surface area contributed by atoms with E-state index in [-0.39, 0.29) is 12.3 Å². The topological polar surface area (TPSA) is 71.8 Å². The lowest BCUT2D eigenvalue weighted by molar-refractivity contribution is -0.135. The predicted molar refractivity (Wildman–Crippen MR) is 84.8 cm³/mol. The van der Waals surface area contributed by atoms with Crippen molar-refractivity contribution < 1.29 is 19.0 Å². The number of likely N-dealkylation sites (N-methyl/N-ethyl adjacent to an activating group) is 1. The van der Waals surface area contributed by atoms with E-state index in [0.29, 0.717) is 17.2 Å². The van der Waals surface area contributed by atoms with Gasteiger partial charge in [0.1, 0.15) is 5.54 Å². The minimum atomic E-state index is -0.641. The summed E-state index contributed by atoms with van der Waals surface area (Å²) in [5.41, 5.74) is 0.112. The van der Waals surface area contributed by atoms with Gasteiger partial charge in [0, 0.05) is 7.05 Å². The SMILES string of the molecule is COc1cc(CC(=O)N(C)C2(C#N)CCC2)cc(OC)c1OC. The van der Waals surface area contributed by atoms with E-state index in [4.69, 9.17) is 14.2 Å². The molecule has 0 unspecified atom stereocenters. The summed E-state index contributed by atoms with van der Waals surface area (Å²) >= 11 is 0. The van der Waals surface area contributed by atoms with Crippen LogP contribution in [0.3, 0.4) is 0 Å². The molecule has 1 saturated carbocycles. The first-order chi connectivity index (χ1) is 11.0. The van der Waals surface area contributed by atoms with E-state index < -0.39 is 5.54 Å². The van der Waals surface area contributed by atoms with Crippen molar-refractivity contribution in [1.82, 2.24) is 4.90 Å². The fourth-order valence-electron chi connectivity index (χ4n) is 2.80. The number of nitriles is 1. The molecule has 0 aromatic heterocycles. The van der Waals surface area contributed by atoms with Crippen LogP contribution in [-0.4, -0.2) is 44.7 Å². The largest absolute Gasteiger partial charge is 0.493 e. The molecule has 0 N–H and O–H groups in total. The van der Waals surface area contributed by atoms with E-state index in [9.17, 15) is 10.1 Å². The van der Waals surface area contributed by atoms with Gasteiger partial charge in [-0.2, -0.15) is 5.26 Å². The van der Waals surface area contributed by atoms with E-state index >= 15 is 0 Å². The molecule has 23 heavy (non-hydrogen) atoms. The number of ether oxygens (including phenoxy) is 3. The lowest BCUT2D eigenvalue weighted by atomic mass is 9.76. The number of amides is 1. The second-order valence-corrected chi connectivity index (χ2v) is 5.66. The van der Waals surface area contributed by atoms with Crippen molar-refractivity contribution in [1.29, 1.82) is 5.26 Å². The van der Waals surface area contributed by atoms with E-state index in [1.165, 1.54) is 21.3 Å². The van der Waals surface area contributed by atoms with Gasteiger partial charge in [-0.3, -0.25) is 4.79 Å². The minimum absolute atomic E-state index is 0.0967. The Bertz CT molecular complexity index is 607. The molecule has 124 valence electrons. The second-order valence-electron chi connectivity index (χ2n) is 5.66. The summed E-state index contributed by atoms with van der Waals surface area (Å²) in [4.78, 5) is 14.1. The summed E-state index contributed by atoms with van der Waals surface area (Å²) in [6, 6.07) is 5.79. The molecule has 0 saturated heterocycles. The highest BCUT2D eigenvalue weighted by atomic mass is 16.5. The molecule has 1 aromatic carbocycles. The Morgan fingerprint density at radius 1 is 1.22 bits per heavy atom. The maximum Gasteiger partial charge on any atom is 0.228 e. The van der Waals surface area contributed by atoms with Crippen LogP contribution in [0.25, 0.3) is 0 Å². The molecular formula is C17H22N2O4. The van der Waals surface area contributed by atoms with Crippen LogP contribution in [0.5, 0.6) is 17.2 Å². The molecule has 0 bridgehead atoms. The normalized spacial score (nSPS) is 15.1. The molecule has 2 rings (SSSR count). The van der Waals surface area contributed by atoms with Gasteiger partial charge in [0.05, 0.1) is 33.8 Å². The zero-order valence-corrected chi connectivity index (χ0v) is 14.0. The van der Waals surface area contributed by atoms with Gasteiger partial charge in [-0.05, 0) is 37.0 Å². The molecule has 1 aliphatic carbocycles. The quantitative estimate of drug-likeness (QED) is 0.804. The minimum Gasteiger partial charge on any atom is -0.493 e. The molecule has 0 heterocycles. The fraction of sp³-hybridized carbons (Fsp3) is 0.529. The molecule has 1 amide bonds. The number of hydrogen-bond acceptors (Lipinski definition) is 5. The summed E-state index contributed by atoms with van der Waals surface area (Å²) in [7, 11) is 6.30. The average molecular weight is 318 g/mol. The third kappa shape index (κ3) is 3.04. The molecule has 6 heteroatoms. The molecular weight excluding hydrogens is 296 g/mol. The molecule has 0 aliphatic heterocycles. The van der Waals surface area contributed by atoms with Crippen molar-refractivity contribution in [3.63, 3.8) is 0 Å². The molecule has 1 aromatic rings. The number of methoxy groups -OCH3 is 3. The van der Waals surface area contributed by atoms with Gasteiger partial charge in [0.2, 0.25) is 11.7 Å². The molecule has 0 atom stereocenters. The first-order valence-electron chi connectivity index (χ1n) is 7.48. The highest BCUT2D eigenvalue weighted by Crippen LogP contribution is 2.39. The first kappa shape index (κ1) is 16.9. The lowest BCUT2D eigenvalue weighted by Crippen LogP contribution is -2.53. The Morgan fingerprint density at radius 2 is 1.78 bits per heavy atom. The predicted octanol–water partition coefficient (Wildman–Crippen LogP) is 2.16. The lowest BCUT2D eigenvalue weighted by Gasteiger charge is -2.43. The second kappa shape index (κ2) is 6.78. The number of carbonyl (C=O) groups is 1. The molecule has 1 fully saturated rings. The summed E-state index contributed by atoms with van der Waals surface area (Å²) < 4.78 is 15.9. The van der Waals surface area contributed by atoms with Crippen LogP contribution in [-0.2, 0) is 11.2 Å². The third-order valence-corrected chi connectivity index (χ3v) is 4.48. The van der Waals surface area contributed by atoms with Gasteiger partial charge in [-0.15, -0.1) is 0 Å². The van der Waals surface area contributed by atoms with Gasteiger partial charge < -0.3 is 19.1 Å². The summed E-state index contributed by atoms with van der Waals surface area (Å²) in [5.74, 6) is 1.42. The van der Waals surface area contributed by atoms with Gasteiger partial charge >= 0.3 is 0 Å². The molecule has 0 spiro atoms. The van der Waals surface area contributed by atoms with Gasteiger partial charge in [-0.1, -0.05) is 0 Å². The van der Waals surface area contributed by atoms with Gasteiger partial charge in [0.15, 0.2) is 11.5 Å². The Morgan fingerprint density at radius 3 is 2.13 bits per heavy atom. The van der Waals surface area contributed by atoms with E-state index in [0.717, 1.165) is 24.8 Å². The Balaban J connectivity index is 2.23. The highest BCUT2D eigenvalue weighted by Gasteiger charge is 2.43. The van der Waals surface area contributed by atoms with Gasteiger partial charge in [0.25, 0.3) is 0 Å². The highest BCUT2D eigenvalue weighted by molar-refractivity contribution is 5.80. The number of benzene rings is 1. The zero-order valence-electron chi connectivity index (χ0n) is 14.0. The summed E-state index contributed by atoms with van der Waals surface area (Å²) in [6.45, 7) is 0. The van der Waals surface area contributed by atoms with E-state index in [2.05, 4.69) is 6.07 Å². The van der Waals surface area contributed by atoms with E-state index in [1.54, 1.807) is 24.1 Å². The van der Waals surface area contributed by atoms with Crippen LogP contribution in [0.15, 0.2) is 12.1 Å². The number of hydrogen-bond donors (Lipinski definition) is 0.